The fraction of sp³-hybridized carbons (Fsp3) is 0.333. The summed E-state index contributed by atoms with van der Waals surface area (Å²) in [4.78, 5) is 12.7. The Balaban J connectivity index is 2.25. The van der Waals surface area contributed by atoms with Gasteiger partial charge in [0.15, 0.2) is 0 Å². The Morgan fingerprint density at radius 1 is 1.31 bits per heavy atom. The molecule has 0 saturated heterocycles. The van der Waals surface area contributed by atoms with E-state index in [9.17, 15) is 13.6 Å². The zero-order valence-electron chi connectivity index (χ0n) is 17.1. The van der Waals surface area contributed by atoms with Crippen LogP contribution >= 0.6 is 0 Å². The van der Waals surface area contributed by atoms with E-state index in [-0.39, 0.29) is 17.4 Å². The lowest BCUT2D eigenvalue weighted by atomic mass is 9.70. The van der Waals surface area contributed by atoms with E-state index in [0.717, 1.165) is 35.7 Å². The maximum Gasteiger partial charge on any atom is 0.240 e. The van der Waals surface area contributed by atoms with E-state index in [1.165, 1.54) is 11.9 Å². The third-order valence-electron chi connectivity index (χ3n) is 5.80. The van der Waals surface area contributed by atoms with Gasteiger partial charge in [-0.15, -0.1) is 6.58 Å². The summed E-state index contributed by atoms with van der Waals surface area (Å²) in [5.74, 6) is -1.30. The molecule has 3 rings (SSSR count). The van der Waals surface area contributed by atoms with Crippen molar-refractivity contribution in [2.75, 3.05) is 0 Å². The van der Waals surface area contributed by atoms with E-state index in [1.54, 1.807) is 0 Å². The number of aryl methyl sites for hydroxylation is 1. The number of allylic oxidation sites excluding steroid dienone is 1. The molecule has 1 aliphatic rings. The van der Waals surface area contributed by atoms with Gasteiger partial charge >= 0.3 is 0 Å². The van der Waals surface area contributed by atoms with Crippen LogP contribution in [-0.4, -0.2) is 16.6 Å². The first-order valence-electron chi connectivity index (χ1n) is 9.85. The lowest BCUT2D eigenvalue weighted by Crippen LogP contribution is -2.48. The molecule has 0 saturated carbocycles. The minimum atomic E-state index is -0.784. The van der Waals surface area contributed by atoms with E-state index in [0.29, 0.717) is 18.6 Å². The molecule has 3 nitrogen and oxygen atoms in total. The topological polar surface area (TPSA) is 32.7 Å². The molecule has 0 radical (unpaired) electrons. The third kappa shape index (κ3) is 3.61. The van der Waals surface area contributed by atoms with Crippen LogP contribution < -0.4 is 0 Å². The molecule has 2 aromatic carbocycles. The number of hydrazone groups is 1. The van der Waals surface area contributed by atoms with Crippen molar-refractivity contribution in [2.45, 2.75) is 45.6 Å². The number of carbonyl (C=O) groups excluding carboxylic acids is 1. The Labute approximate surface area is 170 Å². The molecule has 1 heterocycles. The quantitative estimate of drug-likeness (QED) is 0.574. The SMILES string of the molecule is C=CCC(CC)C1(c2ccccc2C)CC(c2cc(F)ccc2F)=NN1C(C)=O. The minimum Gasteiger partial charge on any atom is -0.273 e. The van der Waals surface area contributed by atoms with E-state index < -0.39 is 17.2 Å². The molecule has 2 aromatic rings. The highest BCUT2D eigenvalue weighted by atomic mass is 19.1. The van der Waals surface area contributed by atoms with E-state index in [2.05, 4.69) is 18.6 Å². The monoisotopic (exact) mass is 396 g/mol. The largest absolute Gasteiger partial charge is 0.273 e. The van der Waals surface area contributed by atoms with Crippen LogP contribution in [0.1, 0.15) is 49.8 Å². The van der Waals surface area contributed by atoms with Gasteiger partial charge < -0.3 is 0 Å². The minimum absolute atomic E-state index is 0.0165. The number of rotatable bonds is 6. The smallest absolute Gasteiger partial charge is 0.240 e. The van der Waals surface area contributed by atoms with E-state index in [1.807, 2.05) is 37.3 Å². The van der Waals surface area contributed by atoms with Gasteiger partial charge in [-0.3, -0.25) is 4.79 Å². The van der Waals surface area contributed by atoms with Crippen molar-refractivity contribution in [2.24, 2.45) is 11.0 Å². The summed E-state index contributed by atoms with van der Waals surface area (Å²) in [6, 6.07) is 11.2. The second-order valence-corrected chi connectivity index (χ2v) is 7.55. The first-order valence-corrected chi connectivity index (χ1v) is 9.85. The summed E-state index contributed by atoms with van der Waals surface area (Å²) in [7, 11) is 0. The summed E-state index contributed by atoms with van der Waals surface area (Å²) in [5.41, 5.74) is 1.69. The molecular weight excluding hydrogens is 370 g/mol. The zero-order chi connectivity index (χ0) is 21.2. The van der Waals surface area contributed by atoms with Gasteiger partial charge in [0.25, 0.3) is 0 Å². The average molecular weight is 396 g/mol. The van der Waals surface area contributed by atoms with Crippen molar-refractivity contribution in [3.63, 3.8) is 0 Å². The molecule has 1 amide bonds. The first kappa shape index (κ1) is 20.9. The van der Waals surface area contributed by atoms with Gasteiger partial charge in [0, 0.05) is 18.9 Å². The number of carbonyl (C=O) groups is 1. The van der Waals surface area contributed by atoms with Gasteiger partial charge in [-0.25, -0.2) is 13.8 Å². The molecular formula is C24H26F2N2O. The Morgan fingerprint density at radius 2 is 2.03 bits per heavy atom. The first-order chi connectivity index (χ1) is 13.8. The molecule has 5 heteroatoms. The summed E-state index contributed by atoms with van der Waals surface area (Å²) in [6.07, 6.45) is 3.60. The Morgan fingerprint density at radius 3 is 2.66 bits per heavy atom. The van der Waals surface area contributed by atoms with Gasteiger partial charge in [0.05, 0.1) is 5.71 Å². The molecule has 0 aliphatic carbocycles. The van der Waals surface area contributed by atoms with Crippen molar-refractivity contribution in [1.29, 1.82) is 0 Å². The van der Waals surface area contributed by atoms with Gasteiger partial charge in [-0.1, -0.05) is 43.7 Å². The number of halogens is 2. The van der Waals surface area contributed by atoms with Gasteiger partial charge in [-0.05, 0) is 48.6 Å². The molecule has 0 N–H and O–H groups in total. The predicted molar refractivity (Wildman–Crippen MR) is 111 cm³/mol. The summed E-state index contributed by atoms with van der Waals surface area (Å²) < 4.78 is 28.4. The highest BCUT2D eigenvalue weighted by molar-refractivity contribution is 6.04. The molecule has 29 heavy (non-hydrogen) atoms. The van der Waals surface area contributed by atoms with Gasteiger partial charge in [-0.2, -0.15) is 5.10 Å². The molecule has 0 bridgehead atoms. The van der Waals surface area contributed by atoms with Crippen LogP contribution in [0.2, 0.25) is 0 Å². The number of hydrogen-bond acceptors (Lipinski definition) is 2. The number of benzene rings is 2. The molecule has 0 spiro atoms. The van der Waals surface area contributed by atoms with Crippen LogP contribution in [0.5, 0.6) is 0 Å². The van der Waals surface area contributed by atoms with Gasteiger partial charge in [0.2, 0.25) is 5.91 Å². The van der Waals surface area contributed by atoms with Gasteiger partial charge in [0.1, 0.15) is 17.2 Å². The third-order valence-corrected chi connectivity index (χ3v) is 5.80. The van der Waals surface area contributed by atoms with Crippen molar-refractivity contribution in [1.82, 2.24) is 5.01 Å². The standard InChI is InChI=1S/C24H26F2N2O/c1-5-9-18(6-2)24(21-11-8-7-10-16(21)3)15-23(27-28(24)17(4)29)20-14-19(25)12-13-22(20)26/h5,7-8,10-14,18H,1,6,9,15H2,2-4H3. The number of nitrogens with zero attached hydrogens (tertiary/aromatic N) is 2. The van der Waals surface area contributed by atoms with Crippen LogP contribution in [0, 0.1) is 24.5 Å². The summed E-state index contributed by atoms with van der Waals surface area (Å²) in [6.45, 7) is 9.41. The van der Waals surface area contributed by atoms with E-state index >= 15 is 0 Å². The van der Waals surface area contributed by atoms with E-state index in [4.69, 9.17) is 0 Å². The normalized spacial score (nSPS) is 19.8. The predicted octanol–water partition coefficient (Wildman–Crippen LogP) is 5.73. The maximum absolute atomic E-state index is 14.5. The summed E-state index contributed by atoms with van der Waals surface area (Å²) in [5, 5.41) is 6.02. The van der Waals surface area contributed by atoms with Crippen LogP contribution in [0.4, 0.5) is 8.78 Å². The second-order valence-electron chi connectivity index (χ2n) is 7.55. The highest BCUT2D eigenvalue weighted by Crippen LogP contribution is 2.48. The molecule has 0 fully saturated rings. The number of hydrogen-bond donors (Lipinski definition) is 0. The van der Waals surface area contributed by atoms with Crippen LogP contribution in [-0.2, 0) is 10.3 Å². The van der Waals surface area contributed by atoms with Crippen molar-refractivity contribution >= 4 is 11.6 Å². The summed E-state index contributed by atoms with van der Waals surface area (Å²) >= 11 is 0. The Bertz CT molecular complexity index is 969. The highest BCUT2D eigenvalue weighted by Gasteiger charge is 2.51. The van der Waals surface area contributed by atoms with Crippen LogP contribution in [0.3, 0.4) is 0 Å². The Kier molecular flexibility index (Phi) is 5.96. The van der Waals surface area contributed by atoms with Crippen molar-refractivity contribution in [3.05, 3.63) is 83.4 Å². The molecule has 2 atom stereocenters. The lowest BCUT2D eigenvalue weighted by Gasteiger charge is -2.43. The van der Waals surface area contributed by atoms with Crippen molar-refractivity contribution < 1.29 is 13.6 Å². The fourth-order valence-corrected chi connectivity index (χ4v) is 4.50. The molecule has 0 aromatic heterocycles. The molecule has 152 valence electrons. The molecule has 1 aliphatic heterocycles. The second kappa shape index (κ2) is 8.27. The molecule has 2 unspecified atom stereocenters. The zero-order valence-corrected chi connectivity index (χ0v) is 17.1. The lowest BCUT2D eigenvalue weighted by molar-refractivity contribution is -0.137. The maximum atomic E-state index is 14.5. The number of amides is 1. The van der Waals surface area contributed by atoms with Crippen molar-refractivity contribution in [3.8, 4) is 0 Å². The van der Waals surface area contributed by atoms with Crippen LogP contribution in [0.25, 0.3) is 0 Å². The average Bonchev–Trinajstić information content (AvgIpc) is 3.09. The Hall–Kier alpha value is -2.82. The van der Waals surface area contributed by atoms with Crippen LogP contribution in [0.15, 0.2) is 60.2 Å². The fourth-order valence-electron chi connectivity index (χ4n) is 4.50.